The molecule has 4 atom stereocenters. The Bertz CT molecular complexity index is 565. The molecule has 0 spiro atoms. The fourth-order valence-electron chi connectivity index (χ4n) is 2.81. The number of carbonyl (C=O) groups is 2. The average Bonchev–Trinajstić information content (AvgIpc) is 2.93. The summed E-state index contributed by atoms with van der Waals surface area (Å²) in [5.74, 6) is -0.534. The topological polar surface area (TPSA) is 99.1 Å². The first kappa shape index (κ1) is 18.2. The second-order valence-electron chi connectivity index (χ2n) is 6.06. The number of aliphatic hydroxyl groups is 1. The molecule has 2 rings (SSSR count). The summed E-state index contributed by atoms with van der Waals surface area (Å²) in [6.45, 7) is 3.66. The Morgan fingerprint density at radius 2 is 2.04 bits per heavy atom. The highest BCUT2D eigenvalue weighted by molar-refractivity contribution is 5.86. The summed E-state index contributed by atoms with van der Waals surface area (Å²) in [5, 5.41) is 21.4. The van der Waals surface area contributed by atoms with E-state index in [1.165, 1.54) is 4.90 Å². The molecule has 2 amide bonds. The zero-order chi connectivity index (χ0) is 17.7. The molecule has 1 aromatic rings. The lowest BCUT2D eigenvalue weighted by Gasteiger charge is -2.30. The zero-order valence-electron chi connectivity index (χ0n) is 13.9. The third-order valence-corrected chi connectivity index (χ3v) is 4.44. The Hall–Kier alpha value is -2.12. The van der Waals surface area contributed by atoms with Crippen LogP contribution in [0.5, 0.6) is 0 Å². The molecular formula is C17H24N2O5. The van der Waals surface area contributed by atoms with Gasteiger partial charge in [0.05, 0.1) is 6.04 Å². The van der Waals surface area contributed by atoms with Crippen molar-refractivity contribution in [3.63, 3.8) is 0 Å². The van der Waals surface area contributed by atoms with Crippen LogP contribution in [-0.2, 0) is 16.0 Å². The van der Waals surface area contributed by atoms with E-state index in [2.05, 4.69) is 5.32 Å². The van der Waals surface area contributed by atoms with Gasteiger partial charge in [-0.05, 0) is 17.9 Å². The minimum Gasteiger partial charge on any atom is -0.465 e. The Labute approximate surface area is 141 Å². The summed E-state index contributed by atoms with van der Waals surface area (Å²) in [5.41, 5.74) is 0.969. The van der Waals surface area contributed by atoms with E-state index in [4.69, 9.17) is 9.84 Å². The Morgan fingerprint density at radius 3 is 2.62 bits per heavy atom. The number of benzene rings is 1. The van der Waals surface area contributed by atoms with Gasteiger partial charge in [0.2, 0.25) is 5.91 Å². The van der Waals surface area contributed by atoms with E-state index in [0.29, 0.717) is 12.8 Å². The van der Waals surface area contributed by atoms with Crippen LogP contribution >= 0.6 is 0 Å². The van der Waals surface area contributed by atoms with Crippen molar-refractivity contribution in [2.24, 2.45) is 5.92 Å². The van der Waals surface area contributed by atoms with Crippen molar-refractivity contribution < 1.29 is 24.5 Å². The largest absolute Gasteiger partial charge is 0.465 e. The van der Waals surface area contributed by atoms with Crippen LogP contribution in [0.15, 0.2) is 30.3 Å². The first-order chi connectivity index (χ1) is 11.4. The van der Waals surface area contributed by atoms with Gasteiger partial charge in [0.1, 0.15) is 12.8 Å². The van der Waals surface area contributed by atoms with Crippen LogP contribution in [0.2, 0.25) is 0 Å². The first-order valence-corrected chi connectivity index (χ1v) is 8.07. The third-order valence-electron chi connectivity index (χ3n) is 4.44. The number of aliphatic hydroxyl groups excluding tert-OH is 1. The van der Waals surface area contributed by atoms with Gasteiger partial charge >= 0.3 is 6.09 Å². The number of nitrogens with zero attached hydrogens (tertiary/aromatic N) is 1. The summed E-state index contributed by atoms with van der Waals surface area (Å²) in [6, 6.07) is 8.09. The van der Waals surface area contributed by atoms with Crippen LogP contribution in [0.4, 0.5) is 4.79 Å². The number of hydrogen-bond acceptors (Lipinski definition) is 4. The maximum absolute atomic E-state index is 12.8. The molecule has 1 fully saturated rings. The molecule has 0 aliphatic carbocycles. The molecular weight excluding hydrogens is 312 g/mol. The lowest BCUT2D eigenvalue weighted by Crippen LogP contribution is -2.54. The van der Waals surface area contributed by atoms with Gasteiger partial charge in [-0.3, -0.25) is 4.79 Å². The van der Waals surface area contributed by atoms with E-state index in [1.54, 1.807) is 0 Å². The van der Waals surface area contributed by atoms with Gasteiger partial charge in [0.15, 0.2) is 6.29 Å². The summed E-state index contributed by atoms with van der Waals surface area (Å²) >= 11 is 0. The number of rotatable bonds is 6. The second-order valence-corrected chi connectivity index (χ2v) is 6.06. The summed E-state index contributed by atoms with van der Waals surface area (Å²) in [7, 11) is 0. The van der Waals surface area contributed by atoms with Crippen LogP contribution in [0.3, 0.4) is 0 Å². The van der Waals surface area contributed by atoms with Crippen molar-refractivity contribution in [3.05, 3.63) is 35.9 Å². The highest BCUT2D eigenvalue weighted by atomic mass is 16.6. The van der Waals surface area contributed by atoms with E-state index in [1.807, 2.05) is 44.2 Å². The molecule has 1 aliphatic heterocycles. The first-order valence-electron chi connectivity index (χ1n) is 8.07. The maximum atomic E-state index is 12.8. The molecule has 7 nitrogen and oxygen atoms in total. The van der Waals surface area contributed by atoms with E-state index in [-0.39, 0.29) is 18.6 Å². The number of hydrogen-bond donors (Lipinski definition) is 3. The smallest absolute Gasteiger partial charge is 0.405 e. The molecule has 132 valence electrons. The molecule has 24 heavy (non-hydrogen) atoms. The normalized spacial score (nSPS) is 22.9. The number of nitrogens with one attached hydrogen (secondary N) is 1. The van der Waals surface area contributed by atoms with Crippen molar-refractivity contribution >= 4 is 12.0 Å². The predicted molar refractivity (Wildman–Crippen MR) is 87.1 cm³/mol. The second kappa shape index (κ2) is 8.12. The van der Waals surface area contributed by atoms with Gasteiger partial charge in [-0.1, -0.05) is 50.6 Å². The summed E-state index contributed by atoms with van der Waals surface area (Å²) in [4.78, 5) is 25.3. The Balaban J connectivity index is 2.17. The van der Waals surface area contributed by atoms with Crippen LogP contribution in [-0.4, -0.2) is 52.2 Å². The fraction of sp³-hybridized carbons (Fsp3) is 0.529. The molecule has 1 aliphatic rings. The maximum Gasteiger partial charge on any atom is 0.405 e. The van der Waals surface area contributed by atoms with Crippen LogP contribution in [0.25, 0.3) is 0 Å². The summed E-state index contributed by atoms with van der Waals surface area (Å²) < 4.78 is 5.23. The predicted octanol–water partition coefficient (Wildman–Crippen LogP) is 1.41. The van der Waals surface area contributed by atoms with E-state index < -0.39 is 24.5 Å². The quantitative estimate of drug-likeness (QED) is 0.729. The van der Waals surface area contributed by atoms with Gasteiger partial charge in [0, 0.05) is 0 Å². The van der Waals surface area contributed by atoms with Gasteiger partial charge in [0.25, 0.3) is 0 Å². The van der Waals surface area contributed by atoms with E-state index in [0.717, 1.165) is 5.56 Å². The molecule has 1 aromatic carbocycles. The van der Waals surface area contributed by atoms with Crippen molar-refractivity contribution in [2.45, 2.75) is 45.1 Å². The molecule has 0 saturated carbocycles. The van der Waals surface area contributed by atoms with Gasteiger partial charge in [-0.2, -0.15) is 0 Å². The van der Waals surface area contributed by atoms with E-state index >= 15 is 0 Å². The zero-order valence-corrected chi connectivity index (χ0v) is 13.9. The number of ether oxygens (including phenoxy) is 1. The fourth-order valence-corrected chi connectivity index (χ4v) is 2.81. The van der Waals surface area contributed by atoms with Crippen LogP contribution in [0.1, 0.15) is 25.8 Å². The van der Waals surface area contributed by atoms with Crippen molar-refractivity contribution in [2.75, 3.05) is 6.73 Å². The van der Waals surface area contributed by atoms with Crippen LogP contribution < -0.4 is 5.32 Å². The molecule has 1 heterocycles. The number of carboxylic acid groups (broad SMARTS) is 1. The molecule has 0 aromatic heterocycles. The minimum atomic E-state index is -1.24. The third kappa shape index (κ3) is 4.24. The molecule has 0 radical (unpaired) electrons. The monoisotopic (exact) mass is 336 g/mol. The molecule has 0 bridgehead atoms. The molecule has 7 heteroatoms. The average molecular weight is 336 g/mol. The molecule has 4 unspecified atom stereocenters. The molecule has 3 N–H and O–H groups in total. The lowest BCUT2D eigenvalue weighted by atomic mass is 9.96. The highest BCUT2D eigenvalue weighted by Gasteiger charge is 2.41. The van der Waals surface area contributed by atoms with Crippen LogP contribution in [0, 0.1) is 5.92 Å². The van der Waals surface area contributed by atoms with Crippen molar-refractivity contribution in [1.82, 2.24) is 10.2 Å². The Kier molecular flexibility index (Phi) is 6.16. The Morgan fingerprint density at radius 1 is 1.38 bits per heavy atom. The van der Waals surface area contributed by atoms with Gasteiger partial charge < -0.3 is 25.2 Å². The van der Waals surface area contributed by atoms with Gasteiger partial charge in [-0.25, -0.2) is 4.79 Å². The highest BCUT2D eigenvalue weighted by Crippen LogP contribution is 2.23. The number of carbonyl (C=O) groups excluding carboxylic acids is 1. The summed E-state index contributed by atoms with van der Waals surface area (Å²) in [6.07, 6.45) is -1.24. The molecule has 1 saturated heterocycles. The minimum absolute atomic E-state index is 0.0499. The SMILES string of the molecule is CCC(C)C(NC(=O)O)C(=O)N1COC(O)C1Cc1ccccc1. The standard InChI is InChI=1S/C17H24N2O5/c1-3-11(2)14(18-17(22)23)15(20)19-10-24-16(21)13(19)9-12-7-5-4-6-8-12/h4-8,11,13-14,16,18,21H,3,9-10H2,1-2H3,(H,22,23). The number of amides is 2. The van der Waals surface area contributed by atoms with Crippen molar-refractivity contribution in [1.29, 1.82) is 0 Å². The lowest BCUT2D eigenvalue weighted by molar-refractivity contribution is -0.136. The van der Waals surface area contributed by atoms with Gasteiger partial charge in [-0.15, -0.1) is 0 Å². The van der Waals surface area contributed by atoms with E-state index in [9.17, 15) is 14.7 Å². The van der Waals surface area contributed by atoms with Crippen molar-refractivity contribution in [3.8, 4) is 0 Å².